The molecule has 2 heteroatoms. The van der Waals surface area contributed by atoms with Crippen LogP contribution in [0.1, 0.15) is 39.8 Å². The van der Waals surface area contributed by atoms with Crippen LogP contribution in [0.2, 0.25) is 0 Å². The third kappa shape index (κ3) is 4.43. The van der Waals surface area contributed by atoms with Crippen molar-refractivity contribution < 1.29 is 0 Å². The van der Waals surface area contributed by atoms with Crippen molar-refractivity contribution in [3.05, 3.63) is 120 Å². The van der Waals surface area contributed by atoms with Gasteiger partial charge in [-0.2, -0.15) is 0 Å². The summed E-state index contributed by atoms with van der Waals surface area (Å²) >= 11 is 0. The average molecular weight is 551 g/mol. The van der Waals surface area contributed by atoms with Gasteiger partial charge in [0, 0.05) is 57.4 Å². The molecule has 0 radical (unpaired) electrons. The summed E-state index contributed by atoms with van der Waals surface area (Å²) in [6.45, 7) is 4.41. The molecule has 0 fully saturated rings. The van der Waals surface area contributed by atoms with E-state index < -0.39 is 0 Å². The monoisotopic (exact) mass is 550 g/mol. The molecule has 42 heavy (non-hydrogen) atoms. The zero-order chi connectivity index (χ0) is 27.4. The number of aryl methyl sites for hydroxylation is 4. The minimum absolute atomic E-state index is 0. The molecule has 8 aromatic rings. The van der Waals surface area contributed by atoms with Crippen molar-refractivity contribution in [2.75, 3.05) is 0 Å². The molecule has 6 aromatic carbocycles. The Morgan fingerprint density at radius 3 is 1.21 bits per heavy atom. The number of fused-ring (bicyclic) bond motifs is 10. The van der Waals surface area contributed by atoms with Gasteiger partial charge in [0.1, 0.15) is 0 Å². The van der Waals surface area contributed by atoms with E-state index in [1.165, 1.54) is 76.3 Å². The smallest absolute Gasteiger partial charge is 0.0568 e. The number of benzene rings is 6. The van der Waals surface area contributed by atoms with Crippen molar-refractivity contribution in [2.24, 2.45) is 14.1 Å². The van der Waals surface area contributed by atoms with Crippen LogP contribution in [0.3, 0.4) is 0 Å². The van der Waals surface area contributed by atoms with Crippen LogP contribution in [0.4, 0.5) is 0 Å². The lowest BCUT2D eigenvalue weighted by atomic mass is 10.0. The lowest BCUT2D eigenvalue weighted by Crippen LogP contribution is -1.88. The van der Waals surface area contributed by atoms with Gasteiger partial charge in [0.15, 0.2) is 0 Å². The Bertz CT molecular complexity index is 2050. The summed E-state index contributed by atoms with van der Waals surface area (Å²) in [7, 11) is 4.33. The van der Waals surface area contributed by atoms with Gasteiger partial charge in [0.05, 0.1) is 11.0 Å². The second kappa shape index (κ2) is 11.4. The fourth-order valence-electron chi connectivity index (χ4n) is 6.55. The molecule has 0 aliphatic heterocycles. The molecular weight excluding hydrogens is 508 g/mol. The molecule has 0 aliphatic rings. The predicted molar refractivity (Wildman–Crippen MR) is 188 cm³/mol. The van der Waals surface area contributed by atoms with Gasteiger partial charge < -0.3 is 9.13 Å². The van der Waals surface area contributed by atoms with Gasteiger partial charge in [0.2, 0.25) is 0 Å². The van der Waals surface area contributed by atoms with Gasteiger partial charge in [-0.25, -0.2) is 0 Å². The lowest BCUT2D eigenvalue weighted by Gasteiger charge is -2.05. The van der Waals surface area contributed by atoms with Gasteiger partial charge in [-0.3, -0.25) is 0 Å². The summed E-state index contributed by atoms with van der Waals surface area (Å²) in [4.78, 5) is 0. The van der Waals surface area contributed by atoms with Crippen LogP contribution in [0.15, 0.2) is 109 Å². The molecule has 0 bridgehead atoms. The first-order chi connectivity index (χ1) is 19.6. The number of nitrogens with zero attached hydrogens (tertiary/aromatic N) is 2. The van der Waals surface area contributed by atoms with E-state index in [1.807, 2.05) is 0 Å². The molecular formula is C40H42N2. The summed E-state index contributed by atoms with van der Waals surface area (Å²) in [6, 6.07) is 40.0. The van der Waals surface area contributed by atoms with Crippen LogP contribution in [-0.4, -0.2) is 9.13 Å². The first-order valence-electron chi connectivity index (χ1n) is 14.4. The summed E-state index contributed by atoms with van der Waals surface area (Å²) in [5, 5.41) is 10.7. The van der Waals surface area contributed by atoms with Crippen LogP contribution in [0, 0.1) is 0 Å². The van der Waals surface area contributed by atoms with Crippen LogP contribution < -0.4 is 0 Å². The number of para-hydroxylation sites is 2. The molecule has 8 rings (SSSR count). The van der Waals surface area contributed by atoms with Gasteiger partial charge in [-0.15, -0.1) is 0 Å². The highest BCUT2D eigenvalue weighted by Crippen LogP contribution is 2.35. The van der Waals surface area contributed by atoms with Crippen molar-refractivity contribution >= 4 is 65.2 Å². The molecule has 0 aliphatic carbocycles. The fourth-order valence-corrected chi connectivity index (χ4v) is 6.55. The molecule has 0 unspecified atom stereocenters. The standard InChI is InChI=1S/2C19H17N.2CH4/c2*1-3-13-8-10-15-14(12-13)9-11-17-16-6-4-5-7-18(16)20(2)19(15)17;;/h2*4-12H,3H2,1-2H3;2*1H4. The largest absolute Gasteiger partial charge is 0.343 e. The second-order valence-corrected chi connectivity index (χ2v) is 10.9. The van der Waals surface area contributed by atoms with E-state index >= 15 is 0 Å². The Balaban J connectivity index is 0.000000160. The van der Waals surface area contributed by atoms with E-state index in [9.17, 15) is 0 Å². The van der Waals surface area contributed by atoms with Gasteiger partial charge in [-0.05, 0) is 46.9 Å². The van der Waals surface area contributed by atoms with Crippen molar-refractivity contribution in [2.45, 2.75) is 41.5 Å². The molecule has 2 heterocycles. The summed E-state index contributed by atoms with van der Waals surface area (Å²) in [6.07, 6.45) is 2.17. The molecule has 0 spiro atoms. The Labute approximate surface area is 249 Å². The first-order valence-corrected chi connectivity index (χ1v) is 14.4. The topological polar surface area (TPSA) is 9.86 Å². The van der Waals surface area contributed by atoms with E-state index in [1.54, 1.807) is 0 Å². The second-order valence-electron chi connectivity index (χ2n) is 10.9. The maximum atomic E-state index is 2.32. The highest BCUT2D eigenvalue weighted by molar-refractivity contribution is 6.18. The number of aromatic nitrogens is 2. The molecule has 0 amide bonds. The van der Waals surface area contributed by atoms with Crippen molar-refractivity contribution in [3.63, 3.8) is 0 Å². The molecule has 0 N–H and O–H groups in total. The molecule has 2 aromatic heterocycles. The quantitative estimate of drug-likeness (QED) is 0.203. The van der Waals surface area contributed by atoms with Crippen LogP contribution in [0.5, 0.6) is 0 Å². The van der Waals surface area contributed by atoms with Gasteiger partial charge >= 0.3 is 0 Å². The Morgan fingerprint density at radius 2 is 0.810 bits per heavy atom. The van der Waals surface area contributed by atoms with Gasteiger partial charge in [0.25, 0.3) is 0 Å². The normalized spacial score (nSPS) is 11.1. The van der Waals surface area contributed by atoms with Crippen LogP contribution >= 0.6 is 0 Å². The summed E-state index contributed by atoms with van der Waals surface area (Å²) in [5.74, 6) is 0. The average Bonchev–Trinajstić information content (AvgIpc) is 3.48. The highest BCUT2D eigenvalue weighted by atomic mass is 14.9. The van der Waals surface area contributed by atoms with Crippen LogP contribution in [-0.2, 0) is 26.9 Å². The Hall–Kier alpha value is -4.56. The van der Waals surface area contributed by atoms with Crippen molar-refractivity contribution in [3.8, 4) is 0 Å². The molecule has 0 saturated carbocycles. The minimum Gasteiger partial charge on any atom is -0.343 e. The molecule has 0 saturated heterocycles. The Morgan fingerprint density at radius 1 is 0.429 bits per heavy atom. The molecule has 0 atom stereocenters. The molecule has 212 valence electrons. The highest BCUT2D eigenvalue weighted by Gasteiger charge is 2.12. The predicted octanol–water partition coefficient (Wildman–Crippen LogP) is 11.4. The van der Waals surface area contributed by atoms with Gasteiger partial charge in [-0.1, -0.05) is 126 Å². The number of hydrogen-bond donors (Lipinski definition) is 0. The zero-order valence-electron chi connectivity index (χ0n) is 23.7. The van der Waals surface area contributed by atoms with E-state index in [-0.39, 0.29) is 14.9 Å². The van der Waals surface area contributed by atoms with Crippen LogP contribution in [0.25, 0.3) is 65.2 Å². The lowest BCUT2D eigenvalue weighted by molar-refractivity contribution is 1.02. The number of hydrogen-bond acceptors (Lipinski definition) is 0. The summed E-state index contributed by atoms with van der Waals surface area (Å²) in [5.41, 5.74) is 8.08. The third-order valence-electron chi connectivity index (χ3n) is 8.71. The maximum Gasteiger partial charge on any atom is 0.0568 e. The SMILES string of the molecule is C.C.CCc1ccc2c(ccc3c4ccccc4n(C)c23)c1.CCc1ccc2c(ccc3c4ccccc4n(C)c23)c1. The fraction of sp³-hybridized carbons (Fsp3) is 0.200. The van der Waals surface area contributed by atoms with E-state index in [4.69, 9.17) is 0 Å². The zero-order valence-corrected chi connectivity index (χ0v) is 23.7. The van der Waals surface area contributed by atoms with Crippen molar-refractivity contribution in [1.29, 1.82) is 0 Å². The van der Waals surface area contributed by atoms with Crippen molar-refractivity contribution in [1.82, 2.24) is 9.13 Å². The van der Waals surface area contributed by atoms with E-state index in [0.717, 1.165) is 12.8 Å². The third-order valence-corrected chi connectivity index (χ3v) is 8.71. The van der Waals surface area contributed by atoms with E-state index in [2.05, 4.69) is 146 Å². The molecule has 2 nitrogen and oxygen atoms in total. The number of rotatable bonds is 2. The first kappa shape index (κ1) is 29.0. The minimum atomic E-state index is 0. The maximum absolute atomic E-state index is 2.32. The van der Waals surface area contributed by atoms with E-state index in [0.29, 0.717) is 0 Å². The summed E-state index contributed by atoms with van der Waals surface area (Å²) < 4.78 is 4.64. The Kier molecular flexibility index (Phi) is 7.84.